The molecule has 0 bridgehead atoms. The summed E-state index contributed by atoms with van der Waals surface area (Å²) >= 11 is 0. The average molecular weight is 364 g/mol. The number of nitrogens with zero attached hydrogens (tertiary/aromatic N) is 2. The Bertz CT molecular complexity index is 802. The molecule has 0 saturated carbocycles. The summed E-state index contributed by atoms with van der Waals surface area (Å²) in [6.45, 7) is 0.807. The van der Waals surface area contributed by atoms with Crippen LogP contribution in [-0.2, 0) is 16.2 Å². The van der Waals surface area contributed by atoms with Gasteiger partial charge in [-0.2, -0.15) is 17.5 Å². The molecule has 0 unspecified atom stereocenters. The number of alkyl halides is 3. The van der Waals surface area contributed by atoms with Crippen LogP contribution in [0.4, 0.5) is 13.2 Å². The summed E-state index contributed by atoms with van der Waals surface area (Å²) < 4.78 is 73.5. The van der Waals surface area contributed by atoms with Crippen molar-refractivity contribution in [3.8, 4) is 11.5 Å². The largest absolute Gasteiger partial charge is 0.452 e. The van der Waals surface area contributed by atoms with Gasteiger partial charge >= 0.3 is 6.18 Å². The lowest BCUT2D eigenvalue weighted by Crippen LogP contribution is -2.31. The van der Waals surface area contributed by atoms with Gasteiger partial charge in [0.2, 0.25) is 10.9 Å². The summed E-state index contributed by atoms with van der Waals surface area (Å²) in [4.78, 5) is 0. The zero-order valence-electron chi connectivity index (χ0n) is 12.5. The van der Waals surface area contributed by atoms with Crippen LogP contribution >= 0.6 is 0 Å². The van der Waals surface area contributed by atoms with Gasteiger partial charge < -0.3 is 8.94 Å². The van der Waals surface area contributed by atoms with E-state index in [0.29, 0.717) is 19.2 Å². The molecule has 0 aromatic carbocycles. The molecule has 10 heteroatoms. The quantitative estimate of drug-likeness (QED) is 0.833. The van der Waals surface area contributed by atoms with E-state index in [1.807, 2.05) is 0 Å². The number of hydrogen-bond acceptors (Lipinski definition) is 5. The van der Waals surface area contributed by atoms with E-state index in [-0.39, 0.29) is 16.5 Å². The first kappa shape index (κ1) is 17.0. The zero-order chi connectivity index (χ0) is 17.4. The molecular weight excluding hydrogens is 349 g/mol. The van der Waals surface area contributed by atoms with E-state index in [2.05, 4.69) is 9.68 Å². The van der Waals surface area contributed by atoms with Crippen molar-refractivity contribution < 1.29 is 30.5 Å². The maximum atomic E-state index is 12.6. The smallest absolute Gasteiger partial charge is 0.441 e. The van der Waals surface area contributed by atoms with E-state index >= 15 is 0 Å². The lowest BCUT2D eigenvalue weighted by atomic mass is 10.2. The van der Waals surface area contributed by atoms with Gasteiger partial charge in [-0.15, -0.1) is 0 Å². The monoisotopic (exact) mass is 364 g/mol. The Morgan fingerprint density at radius 1 is 1.08 bits per heavy atom. The third-order valence-corrected chi connectivity index (χ3v) is 5.56. The second-order valence-corrected chi connectivity index (χ2v) is 7.38. The molecule has 3 heterocycles. The van der Waals surface area contributed by atoms with E-state index in [9.17, 15) is 21.6 Å². The Morgan fingerprint density at radius 3 is 2.33 bits per heavy atom. The molecule has 1 fully saturated rings. The van der Waals surface area contributed by atoms with Gasteiger partial charge in [0, 0.05) is 19.2 Å². The van der Waals surface area contributed by atoms with E-state index in [4.69, 9.17) is 4.42 Å². The molecular formula is C14H15F3N2O4S. The first-order chi connectivity index (χ1) is 11.3. The lowest BCUT2D eigenvalue weighted by molar-refractivity contribution is -0.155. The van der Waals surface area contributed by atoms with Crippen LogP contribution in [-0.4, -0.2) is 31.0 Å². The van der Waals surface area contributed by atoms with Gasteiger partial charge in [-0.1, -0.05) is 18.0 Å². The van der Waals surface area contributed by atoms with Gasteiger partial charge in [0.1, 0.15) is 5.69 Å². The third-order valence-electron chi connectivity index (χ3n) is 3.78. The van der Waals surface area contributed by atoms with Crippen molar-refractivity contribution in [1.82, 2.24) is 9.46 Å². The highest BCUT2D eigenvalue weighted by atomic mass is 32.2. The number of hydrogen-bond donors (Lipinski definition) is 0. The van der Waals surface area contributed by atoms with Gasteiger partial charge in [-0.25, -0.2) is 8.42 Å². The maximum absolute atomic E-state index is 12.6. The number of furan rings is 1. The van der Waals surface area contributed by atoms with Crippen molar-refractivity contribution in [3.63, 3.8) is 0 Å². The van der Waals surface area contributed by atoms with Crippen molar-refractivity contribution in [2.75, 3.05) is 13.1 Å². The fourth-order valence-corrected chi connectivity index (χ4v) is 3.96. The molecule has 1 aliphatic heterocycles. The molecule has 0 radical (unpaired) electrons. The van der Waals surface area contributed by atoms with Crippen molar-refractivity contribution in [2.45, 2.75) is 37.0 Å². The molecule has 24 heavy (non-hydrogen) atoms. The Kier molecular flexibility index (Phi) is 4.43. The average Bonchev–Trinajstić information content (AvgIpc) is 3.10. The van der Waals surface area contributed by atoms with Crippen LogP contribution in [0.1, 0.15) is 31.4 Å². The normalized spacial score (nSPS) is 17.8. The van der Waals surface area contributed by atoms with Crippen molar-refractivity contribution in [3.05, 3.63) is 24.0 Å². The number of halogens is 3. The summed E-state index contributed by atoms with van der Waals surface area (Å²) in [5.41, 5.74) is -0.209. The van der Waals surface area contributed by atoms with Gasteiger partial charge in [0.25, 0.3) is 10.0 Å². The van der Waals surface area contributed by atoms with Crippen LogP contribution in [0.3, 0.4) is 0 Å². The molecule has 1 saturated heterocycles. The molecule has 2 aromatic heterocycles. The molecule has 0 atom stereocenters. The molecule has 0 spiro atoms. The fraction of sp³-hybridized carbons (Fsp3) is 0.500. The maximum Gasteiger partial charge on any atom is 0.452 e. The van der Waals surface area contributed by atoms with Crippen LogP contribution < -0.4 is 0 Å². The molecule has 0 N–H and O–H groups in total. The SMILES string of the molecule is O=S(=O)(c1ccc(-c2cc(C(F)(F)F)on2)o1)N1CCCCCC1. The molecule has 132 valence electrons. The topological polar surface area (TPSA) is 76.5 Å². The first-order valence-electron chi connectivity index (χ1n) is 7.43. The summed E-state index contributed by atoms with van der Waals surface area (Å²) in [6.07, 6.45) is -1.20. The van der Waals surface area contributed by atoms with Gasteiger partial charge in [0.05, 0.1) is 0 Å². The molecule has 2 aromatic rings. The van der Waals surface area contributed by atoms with E-state index in [0.717, 1.165) is 25.7 Å². The molecule has 6 nitrogen and oxygen atoms in total. The zero-order valence-corrected chi connectivity index (χ0v) is 13.4. The summed E-state index contributed by atoms with van der Waals surface area (Å²) in [6, 6.07) is 3.15. The molecule has 0 aliphatic carbocycles. The summed E-state index contributed by atoms with van der Waals surface area (Å²) in [7, 11) is -3.81. The Balaban J connectivity index is 1.86. The van der Waals surface area contributed by atoms with E-state index in [1.165, 1.54) is 16.4 Å². The fourth-order valence-electron chi connectivity index (χ4n) is 2.53. The number of aromatic nitrogens is 1. The highest BCUT2D eigenvalue weighted by Crippen LogP contribution is 2.33. The molecule has 1 aliphatic rings. The second kappa shape index (κ2) is 6.25. The van der Waals surface area contributed by atoms with Crippen LogP contribution in [0.25, 0.3) is 11.5 Å². The number of sulfonamides is 1. The van der Waals surface area contributed by atoms with Gasteiger partial charge in [0.15, 0.2) is 5.76 Å². The third kappa shape index (κ3) is 3.34. The Morgan fingerprint density at radius 2 is 1.75 bits per heavy atom. The van der Waals surface area contributed by atoms with Crippen LogP contribution in [0.5, 0.6) is 0 Å². The van der Waals surface area contributed by atoms with Gasteiger partial charge in [-0.3, -0.25) is 0 Å². The number of rotatable bonds is 3. The standard InChI is InChI=1S/C14H15F3N2O4S/c15-14(16,17)12-9-10(18-23-12)11-5-6-13(22-11)24(20,21)19-7-3-1-2-4-8-19/h5-6,9H,1-4,7-8H2. The highest BCUT2D eigenvalue weighted by Gasteiger charge is 2.37. The van der Waals surface area contributed by atoms with E-state index in [1.54, 1.807) is 0 Å². The Labute approximate surface area is 136 Å². The summed E-state index contributed by atoms with van der Waals surface area (Å²) in [5.74, 6) is -1.37. The van der Waals surface area contributed by atoms with Crippen LogP contribution in [0.15, 0.2) is 32.2 Å². The van der Waals surface area contributed by atoms with Crippen LogP contribution in [0.2, 0.25) is 0 Å². The van der Waals surface area contributed by atoms with Gasteiger partial charge in [-0.05, 0) is 25.0 Å². The highest BCUT2D eigenvalue weighted by molar-refractivity contribution is 7.89. The van der Waals surface area contributed by atoms with Crippen LogP contribution in [0, 0.1) is 0 Å². The first-order valence-corrected chi connectivity index (χ1v) is 8.87. The predicted molar refractivity (Wildman–Crippen MR) is 76.4 cm³/mol. The minimum absolute atomic E-state index is 0.0948. The summed E-state index contributed by atoms with van der Waals surface area (Å²) in [5, 5.41) is 2.97. The van der Waals surface area contributed by atoms with Crippen molar-refractivity contribution >= 4 is 10.0 Å². The minimum Gasteiger partial charge on any atom is -0.441 e. The van der Waals surface area contributed by atoms with Crippen molar-refractivity contribution in [1.29, 1.82) is 0 Å². The minimum atomic E-state index is -4.67. The molecule has 0 amide bonds. The lowest BCUT2D eigenvalue weighted by Gasteiger charge is -2.17. The van der Waals surface area contributed by atoms with E-state index < -0.39 is 22.0 Å². The second-order valence-electron chi connectivity index (χ2n) is 5.51. The molecule has 3 rings (SSSR count). The predicted octanol–water partition coefficient (Wildman–Crippen LogP) is 3.52. The Hall–Kier alpha value is -1.81. The van der Waals surface area contributed by atoms with Crippen molar-refractivity contribution in [2.24, 2.45) is 0 Å².